The average molecular weight is 256 g/mol. The summed E-state index contributed by atoms with van der Waals surface area (Å²) < 4.78 is 12.9. The lowest BCUT2D eigenvalue weighted by molar-refractivity contribution is -0.498. The van der Waals surface area contributed by atoms with Crippen LogP contribution in [0.4, 0.5) is 0 Å². The van der Waals surface area contributed by atoms with Gasteiger partial charge in [-0.1, -0.05) is 0 Å². The first-order valence-electron chi connectivity index (χ1n) is 5.47. The largest absolute Gasteiger partial charge is 1.00 e. The number of hydrogen-bond donors (Lipinski definition) is 0. The predicted octanol–water partition coefficient (Wildman–Crippen LogP) is -1.28. The molecule has 2 rings (SSSR count). The van der Waals surface area contributed by atoms with Gasteiger partial charge >= 0.3 is 0 Å². The molecule has 0 saturated heterocycles. The van der Waals surface area contributed by atoms with Crippen LogP contribution in [-0.2, 0) is 6.42 Å². The molecular weight excluding hydrogens is 238 g/mol. The van der Waals surface area contributed by atoms with Crippen molar-refractivity contribution in [2.24, 2.45) is 0 Å². The fourth-order valence-electron chi connectivity index (χ4n) is 2.13. The zero-order valence-electron chi connectivity index (χ0n) is 10.7. The maximum Gasteiger partial charge on any atom is 0.180 e. The van der Waals surface area contributed by atoms with E-state index in [0.29, 0.717) is 0 Å². The highest BCUT2D eigenvalue weighted by Crippen LogP contribution is 2.32. The molecule has 0 fully saturated rings. The summed E-state index contributed by atoms with van der Waals surface area (Å²) in [4.78, 5) is 0. The number of nitrogens with zero attached hydrogens (tertiary/aromatic N) is 1. The van der Waals surface area contributed by atoms with E-state index < -0.39 is 0 Å². The summed E-state index contributed by atoms with van der Waals surface area (Å²) >= 11 is 0. The lowest BCUT2D eigenvalue weighted by atomic mass is 9.97. The second-order valence-corrected chi connectivity index (χ2v) is 4.12. The number of hydrogen-bond acceptors (Lipinski definition) is 2. The van der Waals surface area contributed by atoms with Crippen molar-refractivity contribution in [1.29, 1.82) is 0 Å². The molecule has 3 nitrogen and oxygen atoms in total. The minimum atomic E-state index is 0. The molecule has 0 N–H and O–H groups in total. The number of rotatable bonds is 2. The minimum Gasteiger partial charge on any atom is -1.00 e. The highest BCUT2D eigenvalue weighted by Gasteiger charge is 2.22. The Labute approximate surface area is 108 Å². The number of methoxy groups -OCH3 is 2. The third kappa shape index (κ3) is 2.39. The molecule has 0 radical (unpaired) electrons. The normalized spacial score (nSPS) is 13.9. The van der Waals surface area contributed by atoms with Crippen molar-refractivity contribution < 1.29 is 26.5 Å². The molecular formula is C13H18ClNO2. The van der Waals surface area contributed by atoms with Crippen LogP contribution in [0.5, 0.6) is 11.5 Å². The van der Waals surface area contributed by atoms with E-state index in [1.165, 1.54) is 16.8 Å². The van der Waals surface area contributed by atoms with Crippen LogP contribution in [0.3, 0.4) is 0 Å². The predicted molar refractivity (Wildman–Crippen MR) is 64.1 cm³/mol. The van der Waals surface area contributed by atoms with E-state index in [1.54, 1.807) is 14.2 Å². The highest BCUT2D eigenvalue weighted by molar-refractivity contribution is 5.97. The van der Waals surface area contributed by atoms with Crippen LogP contribution in [0.2, 0.25) is 0 Å². The highest BCUT2D eigenvalue weighted by atomic mass is 35.5. The van der Waals surface area contributed by atoms with Crippen LogP contribution < -0.4 is 21.9 Å². The van der Waals surface area contributed by atoms with Gasteiger partial charge in [0, 0.05) is 18.9 Å². The third-order valence-corrected chi connectivity index (χ3v) is 3.29. The molecule has 0 aliphatic carbocycles. The van der Waals surface area contributed by atoms with Gasteiger partial charge in [0.15, 0.2) is 17.2 Å². The standard InChI is InChI=1S/C13H18NO2.ClH/c1-9-11-8-13(16-4)12(15-3)7-10(11)5-6-14(9)2;/h7-8H,5-6H2,1-4H3;1H/q+1;/p-1. The molecule has 0 atom stereocenters. The second kappa shape index (κ2) is 5.41. The summed E-state index contributed by atoms with van der Waals surface area (Å²) in [5.74, 6) is 1.62. The van der Waals surface area contributed by atoms with Crippen LogP contribution in [0, 0.1) is 0 Å². The van der Waals surface area contributed by atoms with E-state index in [0.717, 1.165) is 24.5 Å². The Morgan fingerprint density at radius 1 is 1.12 bits per heavy atom. The molecule has 4 heteroatoms. The van der Waals surface area contributed by atoms with E-state index in [4.69, 9.17) is 9.47 Å². The lowest BCUT2D eigenvalue weighted by Gasteiger charge is -2.17. The molecule has 1 aromatic rings. The molecule has 0 bridgehead atoms. The van der Waals surface area contributed by atoms with E-state index in [-0.39, 0.29) is 12.4 Å². The number of halogens is 1. The lowest BCUT2D eigenvalue weighted by Crippen LogP contribution is -3.00. The van der Waals surface area contributed by atoms with E-state index in [9.17, 15) is 0 Å². The van der Waals surface area contributed by atoms with Crippen molar-refractivity contribution in [1.82, 2.24) is 0 Å². The summed E-state index contributed by atoms with van der Waals surface area (Å²) in [6.07, 6.45) is 1.06. The molecule has 0 aromatic heterocycles. The molecule has 0 spiro atoms. The maximum absolute atomic E-state index is 5.33. The Bertz CT molecular complexity index is 455. The Kier molecular flexibility index (Phi) is 4.40. The number of fused-ring (bicyclic) bond motifs is 1. The quantitative estimate of drug-likeness (QED) is 0.614. The molecule has 94 valence electrons. The zero-order chi connectivity index (χ0) is 11.7. The first kappa shape index (κ1) is 13.8. The van der Waals surface area contributed by atoms with E-state index >= 15 is 0 Å². The average Bonchev–Trinajstić information content (AvgIpc) is 2.32. The third-order valence-electron chi connectivity index (χ3n) is 3.29. The van der Waals surface area contributed by atoms with Gasteiger partial charge in [-0.25, -0.2) is 4.58 Å². The van der Waals surface area contributed by atoms with Gasteiger partial charge in [-0.3, -0.25) is 0 Å². The number of ether oxygens (including phenoxy) is 2. The first-order valence-corrected chi connectivity index (χ1v) is 5.47. The minimum absolute atomic E-state index is 0. The van der Waals surface area contributed by atoms with Crippen LogP contribution in [0.25, 0.3) is 0 Å². The van der Waals surface area contributed by atoms with Crippen molar-refractivity contribution in [2.45, 2.75) is 13.3 Å². The monoisotopic (exact) mass is 255 g/mol. The molecule has 1 heterocycles. The number of likely N-dealkylation sites (N-methyl/N-ethyl adjacent to an activating group) is 1. The van der Waals surface area contributed by atoms with Crippen molar-refractivity contribution in [3.63, 3.8) is 0 Å². The van der Waals surface area contributed by atoms with Crippen molar-refractivity contribution in [3.05, 3.63) is 23.3 Å². The summed E-state index contributed by atoms with van der Waals surface area (Å²) in [5.41, 5.74) is 3.90. The van der Waals surface area contributed by atoms with Crippen LogP contribution >= 0.6 is 0 Å². The van der Waals surface area contributed by atoms with Gasteiger partial charge in [0.2, 0.25) is 0 Å². The van der Waals surface area contributed by atoms with Gasteiger partial charge in [-0.15, -0.1) is 0 Å². The summed E-state index contributed by atoms with van der Waals surface area (Å²) in [6, 6.07) is 4.16. The molecule has 0 unspecified atom stereocenters. The Balaban J connectivity index is 0.00000144. The molecule has 17 heavy (non-hydrogen) atoms. The van der Waals surface area contributed by atoms with E-state index in [2.05, 4.69) is 30.7 Å². The summed E-state index contributed by atoms with van der Waals surface area (Å²) in [5, 5.41) is 0. The SMILES string of the molecule is COc1cc2c(cc1OC)C(C)=[N+](C)CC2.[Cl-]. The van der Waals surface area contributed by atoms with Crippen molar-refractivity contribution in [2.75, 3.05) is 27.8 Å². The van der Waals surface area contributed by atoms with Gasteiger partial charge in [-0.05, 0) is 17.7 Å². The molecule has 1 aliphatic rings. The first-order chi connectivity index (χ1) is 7.67. The van der Waals surface area contributed by atoms with Crippen LogP contribution in [-0.4, -0.2) is 38.1 Å². The summed E-state index contributed by atoms with van der Waals surface area (Å²) in [6.45, 7) is 3.21. The molecule has 1 aliphatic heterocycles. The zero-order valence-corrected chi connectivity index (χ0v) is 11.5. The topological polar surface area (TPSA) is 21.5 Å². The van der Waals surface area contributed by atoms with Crippen molar-refractivity contribution in [3.8, 4) is 11.5 Å². The van der Waals surface area contributed by atoms with Crippen LogP contribution in [0.15, 0.2) is 12.1 Å². The van der Waals surface area contributed by atoms with Gasteiger partial charge in [0.25, 0.3) is 0 Å². The van der Waals surface area contributed by atoms with E-state index in [1.807, 2.05) is 0 Å². The molecule has 0 saturated carbocycles. The maximum atomic E-state index is 5.33. The Morgan fingerprint density at radius 3 is 2.29 bits per heavy atom. The van der Waals surface area contributed by atoms with Gasteiger partial charge in [0.05, 0.1) is 14.2 Å². The molecule has 1 aromatic carbocycles. The smallest absolute Gasteiger partial charge is 0.180 e. The number of benzene rings is 1. The Morgan fingerprint density at radius 2 is 1.71 bits per heavy atom. The Hall–Kier alpha value is -1.22. The van der Waals surface area contributed by atoms with Crippen molar-refractivity contribution >= 4 is 5.71 Å². The summed E-state index contributed by atoms with van der Waals surface area (Å²) in [7, 11) is 5.47. The fourth-order valence-corrected chi connectivity index (χ4v) is 2.13. The molecule has 0 amide bonds. The fraction of sp³-hybridized carbons (Fsp3) is 0.462. The van der Waals surface area contributed by atoms with Gasteiger partial charge in [-0.2, -0.15) is 0 Å². The second-order valence-electron chi connectivity index (χ2n) is 4.12. The van der Waals surface area contributed by atoms with Gasteiger partial charge < -0.3 is 21.9 Å². The van der Waals surface area contributed by atoms with Gasteiger partial charge in [0.1, 0.15) is 13.6 Å². The van der Waals surface area contributed by atoms with Crippen LogP contribution in [0.1, 0.15) is 18.1 Å².